The number of carbonyl (C=O) groups is 9. The topological polar surface area (TPSA) is 676 Å². The molecule has 0 radical (unpaired) electrons. The van der Waals surface area contributed by atoms with E-state index in [9.17, 15) is 77.1 Å². The Hall–Kier alpha value is -9.01. The van der Waals surface area contributed by atoms with Gasteiger partial charge >= 0.3 is 28.3 Å². The van der Waals surface area contributed by atoms with Crippen molar-refractivity contribution in [2.45, 2.75) is 240 Å². The summed E-state index contributed by atoms with van der Waals surface area (Å²) in [6.07, 6.45) is -9.75. The zero-order chi connectivity index (χ0) is 100. The molecule has 0 saturated carbocycles. The number of fused-ring (bicyclic) bond motifs is 1. The number of rotatable bonds is 46. The Kier molecular flexibility index (Phi) is 52.9. The number of esters is 3. The van der Waals surface area contributed by atoms with Crippen LogP contribution in [-0.4, -0.2) is 379 Å². The number of nitrogens with zero attached hydrogens (tertiary/aromatic N) is 11. The number of imide groups is 1. The zero-order valence-corrected chi connectivity index (χ0v) is 79.6. The third-order valence-electron chi connectivity index (χ3n) is 22.3. The first-order chi connectivity index (χ1) is 64.1. The maximum Gasteiger partial charge on any atom is 0.397 e. The van der Waals surface area contributed by atoms with Crippen LogP contribution in [0.15, 0.2) is 45.7 Å². The van der Waals surface area contributed by atoms with E-state index in [1.165, 1.54) is 53.4 Å². The number of aliphatic hydroxyl groups excluding tert-OH is 5. The summed E-state index contributed by atoms with van der Waals surface area (Å²) in [5, 5.41) is 75.3. The number of aliphatic imine (C=N–C) groups is 1. The first kappa shape index (κ1) is 116. The first-order valence-electron chi connectivity index (χ1n) is 44.3. The molecule has 9 rings (SSSR count). The molecule has 0 aliphatic carbocycles. The maximum absolute atomic E-state index is 12.3. The number of hydrogen-bond donors (Lipinski definition) is 10. The lowest BCUT2D eigenvalue weighted by Gasteiger charge is -2.44. The molecule has 7 aliphatic rings. The summed E-state index contributed by atoms with van der Waals surface area (Å²) < 4.78 is 135. The standard InChI is InChI=1S/C26H35N5O13S.C18H32N4O7.C14H26N4O8.C13H23NO4.C12H19NO4/c1-16(32)27-22-24(35)23(34)20(15-43-45(37,38)39)44-26(22)42-13-12-41-11-10-40-9-8-30-14-19(28-29-30)17-2-4-18(5-3-17)25(36)31-7-6-21(31)33;1-12-13(2)17(21-14(3)23)18(29-16(12)11-28-15(4)24)27-10-9-26-8-7-25-6-5-20-22-19;1-9(20)17-11-13(22)12(21)10(8-19)26-14(11)25-7-6-24-5-4-23-3-2-16-18-15;1-6-11-7(2)8(3)12(14-9(4)15)13(18-11)17-10(5)16;1-6-7(2)11-12(16-8(3)13-11)17-10(6)5-15-9(4)14/h2-5,14,20,22-24,26,34-35H,6-13,15H2,1H3,(H,27,32)(H,37,38,39);12-13,16-18H,5-11H2,1-4H3,(H,21,23);10-14,19,21-22H,2-8H2,1H3,(H,17,20);7-8,11-13H,6H2,1-5H3,(H,14,15);6-7,10-12H,5H2,1-4H3. The van der Waals surface area contributed by atoms with Crippen LogP contribution in [0.5, 0.6) is 0 Å². The molecule has 1 aromatic heterocycles. The molecule has 52 heteroatoms. The number of ether oxygens (including phenoxy) is 18. The van der Waals surface area contributed by atoms with Gasteiger partial charge in [-0.3, -0.25) is 52.6 Å². The van der Waals surface area contributed by atoms with Gasteiger partial charge in [0.2, 0.25) is 42.1 Å². The highest BCUT2D eigenvalue weighted by atomic mass is 32.3. The van der Waals surface area contributed by atoms with Crippen molar-refractivity contribution in [2.24, 2.45) is 50.7 Å². The number of aromatic nitrogens is 3. The van der Waals surface area contributed by atoms with Gasteiger partial charge in [-0.25, -0.2) is 13.9 Å². The molecule has 2 aromatic rings. The number of hydrogen-bond acceptors (Lipinski definition) is 40. The average Bonchev–Trinajstić information content (AvgIpc) is 1.70. The smallest absolute Gasteiger partial charge is 0.397 e. The van der Waals surface area contributed by atoms with E-state index in [1.54, 1.807) is 35.1 Å². The van der Waals surface area contributed by atoms with Crippen LogP contribution < -0.4 is 21.3 Å². The number of amides is 6. The largest absolute Gasteiger partial charge is 0.463 e. The van der Waals surface area contributed by atoms with E-state index < -0.39 is 115 Å². The quantitative estimate of drug-likeness (QED) is 0.00501. The van der Waals surface area contributed by atoms with Crippen molar-refractivity contribution in [1.29, 1.82) is 0 Å². The third kappa shape index (κ3) is 40.9. The number of azide groups is 2. The summed E-state index contributed by atoms with van der Waals surface area (Å²) in [5.41, 5.74) is 18.0. The highest BCUT2D eigenvalue weighted by Gasteiger charge is 2.50. The van der Waals surface area contributed by atoms with Crippen LogP contribution in [0.2, 0.25) is 0 Å². The second kappa shape index (κ2) is 61.3. The van der Waals surface area contributed by atoms with Crippen molar-refractivity contribution in [3.05, 3.63) is 56.9 Å². The Labute approximate surface area is 782 Å². The molecule has 764 valence electrons. The van der Waals surface area contributed by atoms with Crippen LogP contribution >= 0.6 is 0 Å². The number of β-lactam (4-membered cyclic amide) rings is 1. The molecular formula is C83H135N15O36S. The highest BCUT2D eigenvalue weighted by Crippen LogP contribution is 2.38. The van der Waals surface area contributed by atoms with E-state index in [4.69, 9.17) is 101 Å². The number of benzene rings is 1. The fourth-order valence-corrected chi connectivity index (χ4v) is 14.8. The Morgan fingerprint density at radius 1 is 0.519 bits per heavy atom. The fraction of sp³-hybridized carbons (Fsp3) is 0.783. The second-order valence-electron chi connectivity index (χ2n) is 32.3. The molecule has 6 saturated heterocycles. The molecule has 0 bridgehead atoms. The van der Waals surface area contributed by atoms with Crippen molar-refractivity contribution in [2.75, 3.05) is 145 Å². The van der Waals surface area contributed by atoms with E-state index in [-0.39, 0.29) is 175 Å². The van der Waals surface area contributed by atoms with Gasteiger partial charge in [-0.1, -0.05) is 76.0 Å². The summed E-state index contributed by atoms with van der Waals surface area (Å²) >= 11 is 0. The van der Waals surface area contributed by atoms with Gasteiger partial charge in [-0.15, -0.1) is 5.10 Å². The summed E-state index contributed by atoms with van der Waals surface area (Å²) in [6, 6.07) is 4.08. The van der Waals surface area contributed by atoms with E-state index in [0.29, 0.717) is 101 Å². The van der Waals surface area contributed by atoms with Crippen molar-refractivity contribution in [3.8, 4) is 11.3 Å². The number of nitrogens with one attached hydrogen (secondary N) is 4. The van der Waals surface area contributed by atoms with Gasteiger partial charge in [0.25, 0.3) is 5.91 Å². The van der Waals surface area contributed by atoms with Crippen molar-refractivity contribution >= 4 is 69.6 Å². The monoisotopic (exact) mass is 1950 g/mol. The average molecular weight is 1950 g/mol. The minimum Gasteiger partial charge on any atom is -0.463 e. The van der Waals surface area contributed by atoms with E-state index in [0.717, 1.165) is 12.0 Å². The van der Waals surface area contributed by atoms with E-state index in [1.807, 2.05) is 34.6 Å². The van der Waals surface area contributed by atoms with Gasteiger partial charge in [0, 0.05) is 102 Å². The van der Waals surface area contributed by atoms with E-state index in [2.05, 4.69) is 81.6 Å². The van der Waals surface area contributed by atoms with Crippen molar-refractivity contribution in [1.82, 2.24) is 41.2 Å². The summed E-state index contributed by atoms with van der Waals surface area (Å²) in [4.78, 5) is 113. The van der Waals surface area contributed by atoms with Gasteiger partial charge in [-0.05, 0) is 65.1 Å². The fourth-order valence-electron chi connectivity index (χ4n) is 14.5. The molecule has 51 nitrogen and oxygen atoms in total. The summed E-state index contributed by atoms with van der Waals surface area (Å²) in [7, 11) is -4.82. The molecule has 135 heavy (non-hydrogen) atoms. The molecular weight excluding hydrogens is 1820 g/mol. The zero-order valence-electron chi connectivity index (χ0n) is 78.8. The summed E-state index contributed by atoms with van der Waals surface area (Å²) in [6.45, 7) is 30.0. The lowest BCUT2D eigenvalue weighted by atomic mass is 9.81. The predicted octanol–water partition coefficient (Wildman–Crippen LogP) is 0.665. The normalized spacial score (nSPS) is 28.8. The minimum absolute atomic E-state index is 0.0503. The van der Waals surface area contributed by atoms with Crippen LogP contribution in [0.25, 0.3) is 32.1 Å². The molecule has 25 atom stereocenters. The third-order valence-corrected chi connectivity index (χ3v) is 22.8. The van der Waals surface area contributed by atoms with Gasteiger partial charge < -0.3 is 132 Å². The highest BCUT2D eigenvalue weighted by molar-refractivity contribution is 7.80. The van der Waals surface area contributed by atoms with Gasteiger partial charge in [0.1, 0.15) is 73.7 Å². The number of likely N-dealkylation sites (tertiary alicyclic amines) is 1. The molecule has 10 N–H and O–H groups in total. The summed E-state index contributed by atoms with van der Waals surface area (Å²) in [5.74, 6) is -0.876. The first-order valence-corrected chi connectivity index (χ1v) is 45.7. The van der Waals surface area contributed by atoms with Gasteiger partial charge in [-0.2, -0.15) is 8.42 Å². The van der Waals surface area contributed by atoms with Crippen LogP contribution in [-0.2, 0) is 145 Å². The molecule has 0 spiro atoms. The molecule has 8 heterocycles. The SMILES string of the molecule is CC(=O)NC1C(OCCOCCOCCN=[N+]=[N-])OC(CO)C(O)C1O.CC(=O)NC1C(OCCOCCOCCN=[N+]=[N-])OC(COC(C)=O)C(C)C1C.CC(=O)NC1C(OCCOCCOCCn2cc(-c3ccc(C(=O)N4CCC4=O)cc3)nn2)OC(COS(=O)(=O)O)C(O)C1O.CC(=O)OCC1OC2OC(C)=NC2C(C)C1C.CCC1OC(OC(C)=O)C(NC(C)=O)C(C)C1C. The molecule has 7 aliphatic heterocycles. The number of carbonyl (C=O) groups excluding carboxylic acids is 9. The molecule has 1 aromatic carbocycles. The van der Waals surface area contributed by atoms with Crippen LogP contribution in [0, 0.1) is 35.5 Å². The molecule has 6 amide bonds. The second-order valence-corrected chi connectivity index (χ2v) is 33.3. The Morgan fingerprint density at radius 3 is 1.37 bits per heavy atom. The van der Waals surface area contributed by atoms with Crippen LogP contribution in [0.1, 0.15) is 127 Å². The van der Waals surface area contributed by atoms with E-state index >= 15 is 0 Å². The van der Waals surface area contributed by atoms with Gasteiger partial charge in [0.05, 0.1) is 155 Å². The Balaban J connectivity index is 0.000000313. The van der Waals surface area contributed by atoms with Crippen LogP contribution in [0.4, 0.5) is 0 Å². The minimum atomic E-state index is -4.82. The Morgan fingerprint density at radius 2 is 0.933 bits per heavy atom. The van der Waals surface area contributed by atoms with Gasteiger partial charge in [0.15, 0.2) is 24.8 Å². The van der Waals surface area contributed by atoms with Crippen molar-refractivity contribution in [3.63, 3.8) is 0 Å². The lowest BCUT2D eigenvalue weighted by molar-refractivity contribution is -0.272. The Bertz CT molecular complexity index is 4210. The predicted molar refractivity (Wildman–Crippen MR) is 468 cm³/mol. The van der Waals surface area contributed by atoms with Crippen molar-refractivity contribution < 1.29 is 171 Å². The lowest BCUT2D eigenvalue weighted by Crippen LogP contribution is -2.64. The maximum atomic E-state index is 12.3. The molecule has 6 fully saturated rings. The van der Waals surface area contributed by atoms with Crippen LogP contribution in [0.3, 0.4) is 0 Å². The number of aliphatic hydroxyl groups is 5. The molecule has 25 unspecified atom stereocenters.